The number of carbonyl (C=O) groups is 1. The number of piperidine rings is 1. The molecule has 4 rings (SSSR count). The van der Waals surface area contributed by atoms with Gasteiger partial charge in [-0.1, -0.05) is 12.1 Å². The maximum absolute atomic E-state index is 12.5. The molecule has 0 bridgehead atoms. The zero-order chi connectivity index (χ0) is 22.8. The van der Waals surface area contributed by atoms with Gasteiger partial charge in [0, 0.05) is 36.9 Å². The average molecular weight is 438 g/mol. The Labute approximate surface area is 191 Å². The second kappa shape index (κ2) is 9.10. The number of nitrogens with zero attached hydrogens (tertiary/aromatic N) is 3. The van der Waals surface area contributed by atoms with E-state index in [1.807, 2.05) is 37.8 Å². The third kappa shape index (κ3) is 5.23. The summed E-state index contributed by atoms with van der Waals surface area (Å²) in [7, 11) is 0. The minimum Gasteiger partial charge on any atom is -0.455 e. The quantitative estimate of drug-likeness (QED) is 0.628. The second-order valence-electron chi connectivity index (χ2n) is 10.1. The molecule has 2 saturated heterocycles. The number of pyridine rings is 1. The van der Waals surface area contributed by atoms with Crippen molar-refractivity contribution in [3.05, 3.63) is 53.9 Å². The summed E-state index contributed by atoms with van der Waals surface area (Å²) >= 11 is 0. The number of likely N-dealkylation sites (tertiary alicyclic amines) is 2. The molecule has 0 unspecified atom stereocenters. The molecule has 6 nitrogen and oxygen atoms in total. The molecule has 0 saturated carbocycles. The molecule has 1 aromatic carbocycles. The van der Waals surface area contributed by atoms with Crippen molar-refractivity contribution in [1.29, 1.82) is 0 Å². The summed E-state index contributed by atoms with van der Waals surface area (Å²) in [6.07, 6.45) is 7.64. The molecule has 0 atom stereocenters. The SMILES string of the molecule is Cc1ccc(CN2CCCC23CCN(C(=O)OC(C)(C)C)CC3)c(Oc2cccnc2)c1. The Bertz CT molecular complexity index is 931. The predicted molar refractivity (Wildman–Crippen MR) is 125 cm³/mol. The first kappa shape index (κ1) is 22.6. The van der Waals surface area contributed by atoms with Crippen molar-refractivity contribution in [3.8, 4) is 11.5 Å². The van der Waals surface area contributed by atoms with E-state index < -0.39 is 5.60 Å². The van der Waals surface area contributed by atoms with Gasteiger partial charge in [-0.25, -0.2) is 4.79 Å². The lowest BCUT2D eigenvalue weighted by atomic mass is 9.85. The van der Waals surface area contributed by atoms with Gasteiger partial charge in [0.15, 0.2) is 0 Å². The Morgan fingerprint density at radius 2 is 1.91 bits per heavy atom. The largest absolute Gasteiger partial charge is 0.455 e. The standard InChI is InChI=1S/C26H35N3O3/c1-20-8-9-21(23(17-20)31-22-7-5-13-27-18-22)19-29-14-6-10-26(29)11-15-28(16-12-26)24(30)32-25(2,3)4/h5,7-9,13,17-18H,6,10-12,14-16,19H2,1-4H3. The van der Waals surface area contributed by atoms with Crippen LogP contribution in [0.15, 0.2) is 42.7 Å². The molecular formula is C26H35N3O3. The highest BCUT2D eigenvalue weighted by Gasteiger charge is 2.44. The molecule has 2 aromatic rings. The van der Waals surface area contributed by atoms with E-state index in [4.69, 9.17) is 9.47 Å². The lowest BCUT2D eigenvalue weighted by Crippen LogP contribution is -2.53. The van der Waals surface area contributed by atoms with E-state index in [0.717, 1.165) is 50.5 Å². The Hall–Kier alpha value is -2.60. The minimum atomic E-state index is -0.457. The third-order valence-electron chi connectivity index (χ3n) is 6.53. The van der Waals surface area contributed by atoms with Gasteiger partial charge in [-0.05, 0) is 83.7 Å². The van der Waals surface area contributed by atoms with Gasteiger partial charge in [0.05, 0.1) is 6.20 Å². The van der Waals surface area contributed by atoms with Crippen LogP contribution in [0.25, 0.3) is 0 Å². The fraction of sp³-hybridized carbons (Fsp3) is 0.538. The summed E-state index contributed by atoms with van der Waals surface area (Å²) in [4.78, 5) is 21.2. The molecule has 0 N–H and O–H groups in total. The van der Waals surface area contributed by atoms with Crippen LogP contribution in [0.4, 0.5) is 4.79 Å². The molecule has 1 amide bonds. The Morgan fingerprint density at radius 1 is 1.12 bits per heavy atom. The Kier molecular flexibility index (Phi) is 6.42. The van der Waals surface area contributed by atoms with Gasteiger partial charge in [0.25, 0.3) is 0 Å². The zero-order valence-electron chi connectivity index (χ0n) is 19.8. The van der Waals surface area contributed by atoms with E-state index in [1.165, 1.54) is 24.0 Å². The lowest BCUT2D eigenvalue weighted by Gasteiger charge is -2.45. The van der Waals surface area contributed by atoms with Crippen LogP contribution in [0.3, 0.4) is 0 Å². The summed E-state index contributed by atoms with van der Waals surface area (Å²) in [5.74, 6) is 1.65. The van der Waals surface area contributed by atoms with Gasteiger partial charge in [0.1, 0.15) is 17.1 Å². The van der Waals surface area contributed by atoms with Crippen LogP contribution >= 0.6 is 0 Å². The highest BCUT2D eigenvalue weighted by molar-refractivity contribution is 5.68. The number of hydrogen-bond acceptors (Lipinski definition) is 5. The number of hydrogen-bond donors (Lipinski definition) is 0. The van der Waals surface area contributed by atoms with Gasteiger partial charge < -0.3 is 14.4 Å². The van der Waals surface area contributed by atoms with Crippen molar-refractivity contribution >= 4 is 6.09 Å². The van der Waals surface area contributed by atoms with Gasteiger partial charge in [0.2, 0.25) is 0 Å². The zero-order valence-corrected chi connectivity index (χ0v) is 19.8. The fourth-order valence-electron chi connectivity index (χ4n) is 4.87. The van der Waals surface area contributed by atoms with Gasteiger partial charge in [-0.15, -0.1) is 0 Å². The third-order valence-corrected chi connectivity index (χ3v) is 6.53. The monoisotopic (exact) mass is 437 g/mol. The normalized spacial score (nSPS) is 18.7. The topological polar surface area (TPSA) is 54.9 Å². The van der Waals surface area contributed by atoms with E-state index in [1.54, 1.807) is 12.4 Å². The molecule has 2 aliphatic rings. The van der Waals surface area contributed by atoms with Crippen LogP contribution in [-0.2, 0) is 11.3 Å². The van der Waals surface area contributed by atoms with Crippen LogP contribution in [0.1, 0.15) is 57.6 Å². The van der Waals surface area contributed by atoms with Crippen LogP contribution in [-0.4, -0.2) is 51.7 Å². The Morgan fingerprint density at radius 3 is 2.59 bits per heavy atom. The number of benzene rings is 1. The molecule has 2 aliphatic heterocycles. The number of rotatable bonds is 4. The molecule has 1 aromatic heterocycles. The average Bonchev–Trinajstić information content (AvgIpc) is 3.11. The van der Waals surface area contributed by atoms with Crippen molar-refractivity contribution in [2.24, 2.45) is 0 Å². The minimum absolute atomic E-state index is 0.148. The first-order valence-electron chi connectivity index (χ1n) is 11.6. The Balaban J connectivity index is 1.46. The molecule has 172 valence electrons. The van der Waals surface area contributed by atoms with Crippen molar-refractivity contribution in [2.45, 2.75) is 71.1 Å². The van der Waals surface area contributed by atoms with Crippen molar-refractivity contribution in [1.82, 2.24) is 14.8 Å². The highest BCUT2D eigenvalue weighted by Crippen LogP contribution is 2.41. The first-order chi connectivity index (χ1) is 15.2. The summed E-state index contributed by atoms with van der Waals surface area (Å²) in [6.45, 7) is 11.3. The van der Waals surface area contributed by atoms with Crippen LogP contribution in [0, 0.1) is 6.92 Å². The number of ether oxygens (including phenoxy) is 2. The van der Waals surface area contributed by atoms with Crippen molar-refractivity contribution < 1.29 is 14.3 Å². The molecule has 3 heterocycles. The van der Waals surface area contributed by atoms with E-state index in [2.05, 4.69) is 35.0 Å². The van der Waals surface area contributed by atoms with E-state index in [9.17, 15) is 4.79 Å². The van der Waals surface area contributed by atoms with Crippen molar-refractivity contribution in [2.75, 3.05) is 19.6 Å². The second-order valence-corrected chi connectivity index (χ2v) is 10.1. The highest BCUT2D eigenvalue weighted by atomic mass is 16.6. The predicted octanol–water partition coefficient (Wildman–Crippen LogP) is 5.55. The molecule has 0 radical (unpaired) electrons. The summed E-state index contributed by atoms with van der Waals surface area (Å²) in [5, 5.41) is 0. The van der Waals surface area contributed by atoms with Crippen LogP contribution in [0.5, 0.6) is 11.5 Å². The molecular weight excluding hydrogens is 402 g/mol. The number of amides is 1. The van der Waals surface area contributed by atoms with E-state index in [-0.39, 0.29) is 11.6 Å². The molecule has 0 aliphatic carbocycles. The van der Waals surface area contributed by atoms with Crippen LogP contribution < -0.4 is 4.74 Å². The van der Waals surface area contributed by atoms with Crippen molar-refractivity contribution in [3.63, 3.8) is 0 Å². The number of aryl methyl sites for hydroxylation is 1. The molecule has 32 heavy (non-hydrogen) atoms. The smallest absolute Gasteiger partial charge is 0.410 e. The fourth-order valence-corrected chi connectivity index (χ4v) is 4.87. The maximum atomic E-state index is 12.5. The maximum Gasteiger partial charge on any atom is 0.410 e. The van der Waals surface area contributed by atoms with Gasteiger partial charge >= 0.3 is 6.09 Å². The summed E-state index contributed by atoms with van der Waals surface area (Å²) in [5.41, 5.74) is 2.06. The molecule has 6 heteroatoms. The number of aromatic nitrogens is 1. The number of carbonyl (C=O) groups excluding carboxylic acids is 1. The molecule has 2 fully saturated rings. The van der Waals surface area contributed by atoms with Crippen LogP contribution in [0.2, 0.25) is 0 Å². The van der Waals surface area contributed by atoms with E-state index >= 15 is 0 Å². The lowest BCUT2D eigenvalue weighted by molar-refractivity contribution is 0.00159. The van der Waals surface area contributed by atoms with Gasteiger partial charge in [-0.3, -0.25) is 9.88 Å². The first-order valence-corrected chi connectivity index (χ1v) is 11.6. The van der Waals surface area contributed by atoms with Gasteiger partial charge in [-0.2, -0.15) is 0 Å². The summed E-state index contributed by atoms with van der Waals surface area (Å²) in [6, 6.07) is 10.3. The molecule has 1 spiro atoms. The van der Waals surface area contributed by atoms with E-state index in [0.29, 0.717) is 0 Å². The summed E-state index contributed by atoms with van der Waals surface area (Å²) < 4.78 is 11.8.